The highest BCUT2D eigenvalue weighted by Crippen LogP contribution is 2.01. The molecule has 0 spiro atoms. The quantitative estimate of drug-likeness (QED) is 0.521. The number of nitrogens with one attached hydrogen (secondary N) is 1. The molecule has 14 heavy (non-hydrogen) atoms. The van der Waals surface area contributed by atoms with Crippen LogP contribution in [0.15, 0.2) is 16.9 Å². The minimum atomic E-state index is -0.0976. The maximum Gasteiger partial charge on any atom is 0.251 e. The van der Waals surface area contributed by atoms with E-state index in [2.05, 4.69) is 10.5 Å². The van der Waals surface area contributed by atoms with Gasteiger partial charge in [-0.25, -0.2) is 0 Å². The summed E-state index contributed by atoms with van der Waals surface area (Å²) in [4.78, 5) is 13.1. The topological polar surface area (TPSA) is 53.9 Å². The number of amides is 1. The van der Waals surface area contributed by atoms with Gasteiger partial charge in [0, 0.05) is 13.1 Å². The monoisotopic (exact) mass is 197 g/mol. The Morgan fingerprint density at radius 2 is 2.43 bits per heavy atom. The number of carbonyl (C=O) groups excluding carboxylic acids is 1. The van der Waals surface area contributed by atoms with Gasteiger partial charge in [0.05, 0.1) is 18.6 Å². The van der Waals surface area contributed by atoms with E-state index in [4.69, 9.17) is 4.74 Å². The Hall–Kier alpha value is -1.52. The molecular formula is C9H15N3O2. The summed E-state index contributed by atoms with van der Waals surface area (Å²) in [6.45, 7) is 4.21. The SMILES string of the molecule is CCO/C(C)=C/C(=O)N(C)C1C=NN1. The summed E-state index contributed by atoms with van der Waals surface area (Å²) in [5, 5.41) is 3.70. The van der Waals surface area contributed by atoms with Crippen molar-refractivity contribution in [2.24, 2.45) is 5.10 Å². The summed E-state index contributed by atoms with van der Waals surface area (Å²) in [5.74, 6) is 0.528. The van der Waals surface area contributed by atoms with Gasteiger partial charge in [0.25, 0.3) is 5.91 Å². The largest absolute Gasteiger partial charge is 0.498 e. The molecule has 0 bridgehead atoms. The number of nitrogens with zero attached hydrogens (tertiary/aromatic N) is 2. The Labute approximate surface area is 83.4 Å². The zero-order valence-electron chi connectivity index (χ0n) is 8.65. The van der Waals surface area contributed by atoms with Gasteiger partial charge in [-0.15, -0.1) is 0 Å². The van der Waals surface area contributed by atoms with Gasteiger partial charge in [-0.1, -0.05) is 0 Å². The molecule has 1 amide bonds. The molecule has 78 valence electrons. The van der Waals surface area contributed by atoms with Crippen LogP contribution in [-0.4, -0.2) is 36.8 Å². The van der Waals surface area contributed by atoms with Crippen LogP contribution in [0.2, 0.25) is 0 Å². The summed E-state index contributed by atoms with van der Waals surface area (Å²) in [7, 11) is 1.71. The van der Waals surface area contributed by atoms with Crippen molar-refractivity contribution in [1.29, 1.82) is 0 Å². The first kappa shape index (κ1) is 10.6. The average molecular weight is 197 g/mol. The van der Waals surface area contributed by atoms with Gasteiger partial charge in [0.15, 0.2) is 6.17 Å². The molecule has 1 rings (SSSR count). The molecule has 1 atom stereocenters. The van der Waals surface area contributed by atoms with E-state index in [1.54, 1.807) is 25.1 Å². The Balaban J connectivity index is 2.47. The van der Waals surface area contributed by atoms with E-state index in [0.29, 0.717) is 12.4 Å². The third-order valence-corrected chi connectivity index (χ3v) is 1.89. The van der Waals surface area contributed by atoms with Crippen LogP contribution < -0.4 is 5.43 Å². The fourth-order valence-corrected chi connectivity index (χ4v) is 1.01. The van der Waals surface area contributed by atoms with Crippen LogP contribution in [0.3, 0.4) is 0 Å². The summed E-state index contributed by atoms with van der Waals surface area (Å²) in [6, 6.07) is 0. The summed E-state index contributed by atoms with van der Waals surface area (Å²) >= 11 is 0. The molecule has 0 saturated heterocycles. The molecular weight excluding hydrogens is 182 g/mol. The molecule has 0 fully saturated rings. The second-order valence-corrected chi connectivity index (χ2v) is 2.99. The molecule has 1 unspecified atom stereocenters. The first-order valence-electron chi connectivity index (χ1n) is 4.51. The normalized spacial score (nSPS) is 19.6. The third-order valence-electron chi connectivity index (χ3n) is 1.89. The van der Waals surface area contributed by atoms with Crippen molar-refractivity contribution in [3.05, 3.63) is 11.8 Å². The molecule has 1 N–H and O–H groups in total. The van der Waals surface area contributed by atoms with Crippen molar-refractivity contribution in [2.45, 2.75) is 20.0 Å². The smallest absolute Gasteiger partial charge is 0.251 e. The van der Waals surface area contributed by atoms with Gasteiger partial charge in [0.1, 0.15) is 0 Å². The van der Waals surface area contributed by atoms with Gasteiger partial charge < -0.3 is 9.64 Å². The van der Waals surface area contributed by atoms with E-state index >= 15 is 0 Å². The van der Waals surface area contributed by atoms with Crippen molar-refractivity contribution >= 4 is 12.1 Å². The van der Waals surface area contributed by atoms with E-state index in [1.165, 1.54) is 6.08 Å². The average Bonchev–Trinajstić information content (AvgIpc) is 2.01. The number of likely N-dealkylation sites (N-methyl/N-ethyl adjacent to an activating group) is 1. The maximum atomic E-state index is 11.5. The zero-order valence-corrected chi connectivity index (χ0v) is 8.65. The molecule has 1 aliphatic heterocycles. The molecule has 0 aliphatic carbocycles. The van der Waals surface area contributed by atoms with E-state index in [-0.39, 0.29) is 12.1 Å². The van der Waals surface area contributed by atoms with E-state index in [0.717, 1.165) is 0 Å². The lowest BCUT2D eigenvalue weighted by Gasteiger charge is -2.28. The Bertz CT molecular complexity index is 273. The highest BCUT2D eigenvalue weighted by Gasteiger charge is 2.20. The number of hydrazone groups is 1. The van der Waals surface area contributed by atoms with Crippen molar-refractivity contribution in [3.63, 3.8) is 0 Å². The van der Waals surface area contributed by atoms with Gasteiger partial charge >= 0.3 is 0 Å². The second kappa shape index (κ2) is 4.64. The molecule has 5 nitrogen and oxygen atoms in total. The predicted molar refractivity (Wildman–Crippen MR) is 53.6 cm³/mol. The standard InChI is InChI=1S/C9H15N3O2/c1-4-14-7(2)5-9(13)12(3)8-6-10-11-8/h5-6,8,11H,4H2,1-3H3/b7-5+. The number of hydrogen-bond acceptors (Lipinski definition) is 4. The van der Waals surface area contributed by atoms with E-state index < -0.39 is 0 Å². The van der Waals surface area contributed by atoms with E-state index in [9.17, 15) is 4.79 Å². The van der Waals surface area contributed by atoms with Gasteiger partial charge in [0.2, 0.25) is 0 Å². The van der Waals surface area contributed by atoms with Crippen LogP contribution in [0.5, 0.6) is 0 Å². The van der Waals surface area contributed by atoms with Crippen LogP contribution in [0.25, 0.3) is 0 Å². The molecule has 5 heteroatoms. The number of rotatable bonds is 4. The fraction of sp³-hybridized carbons (Fsp3) is 0.556. The predicted octanol–water partition coefficient (Wildman–Crippen LogP) is 0.300. The number of ether oxygens (including phenoxy) is 1. The Morgan fingerprint density at radius 1 is 1.79 bits per heavy atom. The summed E-state index contributed by atoms with van der Waals surface area (Å²) in [6.07, 6.45) is 3.05. The van der Waals surface area contributed by atoms with Crippen molar-refractivity contribution in [1.82, 2.24) is 10.3 Å². The lowest BCUT2D eigenvalue weighted by molar-refractivity contribution is -0.126. The Morgan fingerprint density at radius 3 is 2.86 bits per heavy atom. The van der Waals surface area contributed by atoms with Crippen molar-refractivity contribution in [3.8, 4) is 0 Å². The number of hydrogen-bond donors (Lipinski definition) is 1. The first-order chi connectivity index (χ1) is 6.65. The van der Waals surface area contributed by atoms with Gasteiger partial charge in [-0.3, -0.25) is 10.2 Å². The first-order valence-corrected chi connectivity index (χ1v) is 4.51. The minimum Gasteiger partial charge on any atom is -0.498 e. The Kier molecular flexibility index (Phi) is 3.50. The number of allylic oxidation sites excluding steroid dienone is 1. The second-order valence-electron chi connectivity index (χ2n) is 2.99. The van der Waals surface area contributed by atoms with Gasteiger partial charge in [-0.2, -0.15) is 5.10 Å². The molecule has 0 aromatic carbocycles. The van der Waals surface area contributed by atoms with Crippen LogP contribution in [0, 0.1) is 0 Å². The highest BCUT2D eigenvalue weighted by atomic mass is 16.5. The van der Waals surface area contributed by atoms with Crippen LogP contribution in [0.4, 0.5) is 0 Å². The van der Waals surface area contributed by atoms with Crippen molar-refractivity contribution in [2.75, 3.05) is 13.7 Å². The molecule has 0 saturated carbocycles. The maximum absolute atomic E-state index is 11.5. The molecule has 1 heterocycles. The van der Waals surface area contributed by atoms with Crippen molar-refractivity contribution < 1.29 is 9.53 Å². The van der Waals surface area contributed by atoms with Crippen LogP contribution in [0.1, 0.15) is 13.8 Å². The molecule has 1 aliphatic rings. The molecule has 0 aromatic heterocycles. The number of carbonyl (C=O) groups is 1. The van der Waals surface area contributed by atoms with E-state index in [1.807, 2.05) is 6.92 Å². The zero-order chi connectivity index (χ0) is 10.6. The highest BCUT2D eigenvalue weighted by molar-refractivity contribution is 5.90. The molecule has 0 aromatic rings. The summed E-state index contributed by atoms with van der Waals surface area (Å²) in [5.41, 5.74) is 2.74. The summed E-state index contributed by atoms with van der Waals surface area (Å²) < 4.78 is 5.15. The van der Waals surface area contributed by atoms with Crippen LogP contribution >= 0.6 is 0 Å². The third kappa shape index (κ3) is 2.48. The van der Waals surface area contributed by atoms with Crippen LogP contribution in [-0.2, 0) is 9.53 Å². The van der Waals surface area contributed by atoms with Gasteiger partial charge in [-0.05, 0) is 13.8 Å². The minimum absolute atomic E-state index is 0.0897. The fourth-order valence-electron chi connectivity index (χ4n) is 1.01. The lowest BCUT2D eigenvalue weighted by Crippen LogP contribution is -2.50. The lowest BCUT2D eigenvalue weighted by atomic mass is 10.3. The molecule has 0 radical (unpaired) electrons.